The molecule has 0 fully saturated rings. The number of nitrogens with zero attached hydrogens (tertiary/aromatic N) is 1. The number of hydrogen-bond acceptors (Lipinski definition) is 2. The molecule has 2 rings (SSSR count). The van der Waals surface area contributed by atoms with E-state index in [2.05, 4.69) is 43.0 Å². The Bertz CT molecular complexity index is 577. The van der Waals surface area contributed by atoms with Crippen molar-refractivity contribution in [1.82, 2.24) is 0 Å². The van der Waals surface area contributed by atoms with Crippen molar-refractivity contribution in [3.05, 3.63) is 65.7 Å². The Morgan fingerprint density at radius 1 is 1.05 bits per heavy atom. The van der Waals surface area contributed by atoms with Gasteiger partial charge in [-0.15, -0.1) is 0 Å². The van der Waals surface area contributed by atoms with Crippen LogP contribution >= 0.6 is 0 Å². The van der Waals surface area contributed by atoms with Gasteiger partial charge in [0.15, 0.2) is 5.78 Å². The molecule has 0 spiro atoms. The minimum Gasteiger partial charge on any atom is -0.364 e. The monoisotopic (exact) mass is 281 g/mol. The Labute approximate surface area is 127 Å². The Morgan fingerprint density at radius 3 is 2.48 bits per heavy atom. The summed E-state index contributed by atoms with van der Waals surface area (Å²) in [6.45, 7) is 5.61. The van der Waals surface area contributed by atoms with E-state index in [0.717, 1.165) is 30.6 Å². The lowest BCUT2D eigenvalue weighted by Gasteiger charge is -2.24. The van der Waals surface area contributed by atoms with Crippen molar-refractivity contribution < 1.29 is 4.79 Å². The zero-order chi connectivity index (χ0) is 15.1. The summed E-state index contributed by atoms with van der Waals surface area (Å²) in [4.78, 5) is 14.6. The molecule has 2 nitrogen and oxygen atoms in total. The molecule has 0 aliphatic rings. The molecule has 0 atom stereocenters. The molecule has 21 heavy (non-hydrogen) atoms. The zero-order valence-corrected chi connectivity index (χ0v) is 12.9. The molecule has 2 aromatic rings. The first-order valence-corrected chi connectivity index (χ1v) is 7.60. The van der Waals surface area contributed by atoms with E-state index in [1.54, 1.807) is 0 Å². The molecule has 0 aromatic heterocycles. The van der Waals surface area contributed by atoms with Gasteiger partial charge in [0.25, 0.3) is 0 Å². The highest BCUT2D eigenvalue weighted by molar-refractivity contribution is 5.99. The third-order valence-electron chi connectivity index (χ3n) is 3.58. The number of ketones is 1. The van der Waals surface area contributed by atoms with Crippen LogP contribution in [0.2, 0.25) is 0 Å². The van der Waals surface area contributed by atoms with Crippen LogP contribution in [0.25, 0.3) is 0 Å². The number of Topliss-reactive ketones (excluding diaryl/α,β-unsaturated/α-hetero) is 1. The second-order valence-electron chi connectivity index (χ2n) is 5.40. The van der Waals surface area contributed by atoms with E-state index >= 15 is 0 Å². The molecule has 0 saturated carbocycles. The molecule has 2 heteroatoms. The van der Waals surface area contributed by atoms with Gasteiger partial charge in [0.1, 0.15) is 0 Å². The van der Waals surface area contributed by atoms with E-state index in [4.69, 9.17) is 0 Å². The van der Waals surface area contributed by atoms with Crippen LogP contribution in [0.15, 0.2) is 54.6 Å². The second-order valence-corrected chi connectivity index (χ2v) is 5.40. The van der Waals surface area contributed by atoms with Gasteiger partial charge in [0, 0.05) is 17.8 Å². The summed E-state index contributed by atoms with van der Waals surface area (Å²) in [5.74, 6) is 0.174. The highest BCUT2D eigenvalue weighted by Crippen LogP contribution is 2.17. The first-order valence-electron chi connectivity index (χ1n) is 7.60. The average Bonchev–Trinajstić information content (AvgIpc) is 2.52. The summed E-state index contributed by atoms with van der Waals surface area (Å²) in [6.07, 6.45) is 2.22. The van der Waals surface area contributed by atoms with Crippen LogP contribution in [0.4, 0.5) is 5.69 Å². The molecular formula is C19H23NO. The van der Waals surface area contributed by atoms with Gasteiger partial charge in [-0.2, -0.15) is 0 Å². The molecule has 0 amide bonds. The van der Waals surface area contributed by atoms with Crippen molar-refractivity contribution in [2.75, 3.05) is 18.0 Å². The van der Waals surface area contributed by atoms with E-state index in [9.17, 15) is 4.79 Å². The number of aryl methyl sites for hydroxylation is 1. The molecule has 0 bridgehead atoms. The van der Waals surface area contributed by atoms with Gasteiger partial charge in [-0.3, -0.25) is 4.79 Å². The highest BCUT2D eigenvalue weighted by atomic mass is 16.1. The van der Waals surface area contributed by atoms with Gasteiger partial charge < -0.3 is 4.90 Å². The molecule has 0 heterocycles. The van der Waals surface area contributed by atoms with Gasteiger partial charge >= 0.3 is 0 Å². The second kappa shape index (κ2) is 7.63. The van der Waals surface area contributed by atoms with Gasteiger partial charge in [-0.05, 0) is 31.0 Å². The molecule has 110 valence electrons. The maximum atomic E-state index is 12.4. The predicted molar refractivity (Wildman–Crippen MR) is 89.1 cm³/mol. The van der Waals surface area contributed by atoms with Crippen molar-refractivity contribution in [3.8, 4) is 0 Å². The lowest BCUT2D eigenvalue weighted by molar-refractivity contribution is 0.0999. The van der Waals surface area contributed by atoms with Gasteiger partial charge in [0.2, 0.25) is 0 Å². The summed E-state index contributed by atoms with van der Waals surface area (Å²) in [6, 6.07) is 17.9. The average molecular weight is 281 g/mol. The predicted octanol–water partition coefficient (Wildman–Crippen LogP) is 4.48. The molecule has 0 unspecified atom stereocenters. The van der Waals surface area contributed by atoms with E-state index in [0.29, 0.717) is 6.54 Å². The fraction of sp³-hybridized carbons (Fsp3) is 0.316. The van der Waals surface area contributed by atoms with Crippen LogP contribution in [-0.4, -0.2) is 18.9 Å². The molecule has 0 saturated heterocycles. The number of carbonyl (C=O) groups is 1. The SMILES string of the molecule is CCCCN(CC(=O)c1ccccc1)c1cccc(C)c1. The van der Waals surface area contributed by atoms with Gasteiger partial charge in [-0.25, -0.2) is 0 Å². The summed E-state index contributed by atoms with van der Waals surface area (Å²) in [7, 11) is 0. The normalized spacial score (nSPS) is 10.4. The van der Waals surface area contributed by atoms with Crippen molar-refractivity contribution >= 4 is 11.5 Å². The summed E-state index contributed by atoms with van der Waals surface area (Å²) in [5.41, 5.74) is 3.14. The van der Waals surface area contributed by atoms with Crippen LogP contribution in [0.3, 0.4) is 0 Å². The molecular weight excluding hydrogens is 258 g/mol. The maximum Gasteiger partial charge on any atom is 0.182 e. The first kappa shape index (κ1) is 15.3. The van der Waals surface area contributed by atoms with Crippen LogP contribution in [-0.2, 0) is 0 Å². The molecule has 0 aliphatic heterocycles. The number of anilines is 1. The molecule has 0 aliphatic carbocycles. The minimum absolute atomic E-state index is 0.174. The van der Waals surface area contributed by atoms with Crippen molar-refractivity contribution in [2.24, 2.45) is 0 Å². The van der Waals surface area contributed by atoms with Gasteiger partial charge in [0.05, 0.1) is 6.54 Å². The van der Waals surface area contributed by atoms with Crippen LogP contribution in [0.5, 0.6) is 0 Å². The summed E-state index contributed by atoms with van der Waals surface area (Å²) >= 11 is 0. The fourth-order valence-electron chi connectivity index (χ4n) is 2.36. The van der Waals surface area contributed by atoms with Crippen LogP contribution < -0.4 is 4.90 Å². The van der Waals surface area contributed by atoms with E-state index in [-0.39, 0.29) is 5.78 Å². The fourth-order valence-corrected chi connectivity index (χ4v) is 2.36. The Balaban J connectivity index is 2.15. The minimum atomic E-state index is 0.174. The van der Waals surface area contributed by atoms with E-state index in [1.807, 2.05) is 30.3 Å². The molecule has 2 aromatic carbocycles. The largest absolute Gasteiger partial charge is 0.364 e. The molecule has 0 radical (unpaired) electrons. The molecule has 0 N–H and O–H groups in total. The number of carbonyl (C=O) groups excluding carboxylic acids is 1. The van der Waals surface area contributed by atoms with Crippen LogP contribution in [0.1, 0.15) is 35.7 Å². The van der Waals surface area contributed by atoms with Crippen LogP contribution in [0, 0.1) is 6.92 Å². The summed E-state index contributed by atoms with van der Waals surface area (Å²) < 4.78 is 0. The zero-order valence-electron chi connectivity index (χ0n) is 12.9. The maximum absolute atomic E-state index is 12.4. The third-order valence-corrected chi connectivity index (χ3v) is 3.58. The highest BCUT2D eigenvalue weighted by Gasteiger charge is 2.12. The number of benzene rings is 2. The van der Waals surface area contributed by atoms with Gasteiger partial charge in [-0.1, -0.05) is 55.8 Å². The van der Waals surface area contributed by atoms with Crippen molar-refractivity contribution in [3.63, 3.8) is 0 Å². The topological polar surface area (TPSA) is 20.3 Å². The summed E-state index contributed by atoms with van der Waals surface area (Å²) in [5, 5.41) is 0. The lowest BCUT2D eigenvalue weighted by Crippen LogP contribution is -2.30. The Hall–Kier alpha value is -2.09. The lowest BCUT2D eigenvalue weighted by atomic mass is 10.1. The Morgan fingerprint density at radius 2 is 1.81 bits per heavy atom. The van der Waals surface area contributed by atoms with Crippen molar-refractivity contribution in [1.29, 1.82) is 0 Å². The quantitative estimate of drug-likeness (QED) is 0.697. The standard InChI is InChI=1S/C19H23NO/c1-3-4-13-20(18-12-8-9-16(2)14-18)15-19(21)17-10-6-5-7-11-17/h5-12,14H,3-4,13,15H2,1-2H3. The van der Waals surface area contributed by atoms with Crippen molar-refractivity contribution in [2.45, 2.75) is 26.7 Å². The third kappa shape index (κ3) is 4.45. The number of unbranched alkanes of at least 4 members (excludes halogenated alkanes) is 1. The van der Waals surface area contributed by atoms with E-state index in [1.165, 1.54) is 5.56 Å². The first-order chi connectivity index (χ1) is 10.2. The van der Waals surface area contributed by atoms with E-state index < -0.39 is 0 Å². The smallest absolute Gasteiger partial charge is 0.182 e. The Kier molecular flexibility index (Phi) is 5.56. The number of rotatable bonds is 7. The number of hydrogen-bond donors (Lipinski definition) is 0.